The van der Waals surface area contributed by atoms with Crippen molar-refractivity contribution >= 4 is 15.7 Å². The van der Waals surface area contributed by atoms with Gasteiger partial charge in [0, 0.05) is 6.54 Å². The fourth-order valence-corrected chi connectivity index (χ4v) is 3.43. The highest BCUT2D eigenvalue weighted by Gasteiger charge is 2.27. The molecule has 2 rings (SSSR count). The van der Waals surface area contributed by atoms with Gasteiger partial charge >= 0.3 is 0 Å². The van der Waals surface area contributed by atoms with Crippen LogP contribution < -0.4 is 10.0 Å². The Labute approximate surface area is 107 Å². The lowest BCUT2D eigenvalue weighted by molar-refractivity contribution is 0.499. The van der Waals surface area contributed by atoms with Crippen LogP contribution in [0.25, 0.3) is 0 Å². The van der Waals surface area contributed by atoms with Crippen LogP contribution in [0.4, 0.5) is 10.1 Å². The average Bonchev–Trinajstić information content (AvgIpc) is 2.35. The van der Waals surface area contributed by atoms with Gasteiger partial charge in [-0.2, -0.15) is 0 Å². The highest BCUT2D eigenvalue weighted by atomic mass is 32.2. The van der Waals surface area contributed by atoms with Crippen LogP contribution in [0.1, 0.15) is 18.4 Å². The Morgan fingerprint density at radius 3 is 2.83 bits per heavy atom. The zero-order chi connectivity index (χ0) is 13.2. The van der Waals surface area contributed by atoms with Crippen LogP contribution in [0.15, 0.2) is 18.2 Å². The Hall–Kier alpha value is -1.14. The Bertz CT molecular complexity index is 525. The van der Waals surface area contributed by atoms with Crippen LogP contribution in [0, 0.1) is 12.7 Å². The maximum Gasteiger partial charge on any atom is 0.236 e. The topological polar surface area (TPSA) is 58.2 Å². The largest absolute Gasteiger partial charge is 0.315 e. The number of hydrogen-bond acceptors (Lipinski definition) is 3. The molecule has 1 atom stereocenters. The van der Waals surface area contributed by atoms with Crippen molar-refractivity contribution < 1.29 is 12.8 Å². The molecule has 4 nitrogen and oxygen atoms in total. The lowest BCUT2D eigenvalue weighted by atomic mass is 10.2. The average molecular weight is 272 g/mol. The normalized spacial score (nSPS) is 20.7. The lowest BCUT2D eigenvalue weighted by Gasteiger charge is -2.23. The van der Waals surface area contributed by atoms with Gasteiger partial charge in [0.25, 0.3) is 0 Å². The van der Waals surface area contributed by atoms with E-state index in [0.717, 1.165) is 13.0 Å². The van der Waals surface area contributed by atoms with Crippen molar-refractivity contribution in [3.05, 3.63) is 29.6 Å². The van der Waals surface area contributed by atoms with Gasteiger partial charge in [-0.15, -0.1) is 0 Å². The SMILES string of the molecule is Cc1ccc(NS(=O)(=O)C2CCCNC2)cc1F. The molecule has 1 aliphatic heterocycles. The third-order valence-electron chi connectivity index (χ3n) is 3.12. The number of benzene rings is 1. The summed E-state index contributed by atoms with van der Waals surface area (Å²) in [7, 11) is -3.45. The number of anilines is 1. The van der Waals surface area contributed by atoms with Gasteiger partial charge in [-0.1, -0.05) is 6.07 Å². The third-order valence-corrected chi connectivity index (χ3v) is 4.92. The predicted molar refractivity (Wildman–Crippen MR) is 69.6 cm³/mol. The van der Waals surface area contributed by atoms with E-state index in [4.69, 9.17) is 0 Å². The van der Waals surface area contributed by atoms with E-state index in [1.165, 1.54) is 6.07 Å². The molecular formula is C12H17FN2O2S. The van der Waals surface area contributed by atoms with Crippen LogP contribution in [0.2, 0.25) is 0 Å². The molecule has 1 unspecified atom stereocenters. The number of aryl methyl sites for hydroxylation is 1. The van der Waals surface area contributed by atoms with Crippen molar-refractivity contribution in [1.82, 2.24) is 5.32 Å². The highest BCUT2D eigenvalue weighted by molar-refractivity contribution is 7.93. The predicted octanol–water partition coefficient (Wildman–Crippen LogP) is 1.63. The summed E-state index contributed by atoms with van der Waals surface area (Å²) in [5, 5.41) is 2.61. The van der Waals surface area contributed by atoms with E-state index in [9.17, 15) is 12.8 Å². The first-order valence-electron chi connectivity index (χ1n) is 5.97. The van der Waals surface area contributed by atoms with E-state index >= 15 is 0 Å². The molecule has 18 heavy (non-hydrogen) atoms. The summed E-state index contributed by atoms with van der Waals surface area (Å²) >= 11 is 0. The summed E-state index contributed by atoms with van der Waals surface area (Å²) in [5.74, 6) is -0.406. The molecule has 0 amide bonds. The molecule has 1 fully saturated rings. The first kappa shape index (κ1) is 13.3. The molecule has 6 heteroatoms. The summed E-state index contributed by atoms with van der Waals surface area (Å²) in [6.45, 7) is 2.94. The summed E-state index contributed by atoms with van der Waals surface area (Å²) in [6, 6.07) is 4.35. The van der Waals surface area contributed by atoms with Crippen molar-refractivity contribution in [3.8, 4) is 0 Å². The molecule has 100 valence electrons. The fourth-order valence-electron chi connectivity index (χ4n) is 1.99. The minimum absolute atomic E-state index is 0.281. The molecule has 1 aliphatic rings. The number of piperidine rings is 1. The van der Waals surface area contributed by atoms with E-state index < -0.39 is 21.1 Å². The third kappa shape index (κ3) is 3.00. The summed E-state index contributed by atoms with van der Waals surface area (Å²) in [4.78, 5) is 0. The van der Waals surface area contributed by atoms with E-state index in [-0.39, 0.29) is 5.69 Å². The van der Waals surface area contributed by atoms with E-state index in [1.54, 1.807) is 19.1 Å². The minimum atomic E-state index is -3.45. The monoisotopic (exact) mass is 272 g/mol. The Morgan fingerprint density at radius 2 is 2.22 bits per heavy atom. The second-order valence-electron chi connectivity index (χ2n) is 4.58. The van der Waals surface area contributed by atoms with E-state index in [1.807, 2.05) is 0 Å². The molecule has 0 aromatic heterocycles. The maximum atomic E-state index is 13.3. The molecule has 1 heterocycles. The lowest BCUT2D eigenvalue weighted by Crippen LogP contribution is -2.41. The van der Waals surface area contributed by atoms with Gasteiger partial charge in [-0.25, -0.2) is 12.8 Å². The quantitative estimate of drug-likeness (QED) is 0.879. The number of hydrogen-bond donors (Lipinski definition) is 2. The number of sulfonamides is 1. The van der Waals surface area contributed by atoms with Gasteiger partial charge in [0.05, 0.1) is 10.9 Å². The molecule has 0 spiro atoms. The van der Waals surface area contributed by atoms with Crippen molar-refractivity contribution in [1.29, 1.82) is 0 Å². The van der Waals surface area contributed by atoms with Crippen molar-refractivity contribution in [2.24, 2.45) is 0 Å². The Kier molecular flexibility index (Phi) is 3.87. The molecular weight excluding hydrogens is 255 g/mol. The minimum Gasteiger partial charge on any atom is -0.315 e. The molecule has 0 saturated carbocycles. The van der Waals surface area contributed by atoms with Crippen LogP contribution in [0.5, 0.6) is 0 Å². The van der Waals surface area contributed by atoms with E-state index in [0.29, 0.717) is 18.5 Å². The van der Waals surface area contributed by atoms with Crippen molar-refractivity contribution in [2.75, 3.05) is 17.8 Å². The number of nitrogens with one attached hydrogen (secondary N) is 2. The molecule has 1 aromatic carbocycles. The summed E-state index contributed by atoms with van der Waals surface area (Å²) < 4.78 is 40.0. The van der Waals surface area contributed by atoms with Gasteiger partial charge in [-0.3, -0.25) is 4.72 Å². The van der Waals surface area contributed by atoms with Crippen LogP contribution in [-0.2, 0) is 10.0 Å². The first-order valence-corrected chi connectivity index (χ1v) is 7.52. The van der Waals surface area contributed by atoms with Crippen LogP contribution in [-0.4, -0.2) is 26.8 Å². The van der Waals surface area contributed by atoms with Gasteiger partial charge in [0.15, 0.2) is 0 Å². The molecule has 2 N–H and O–H groups in total. The molecule has 0 bridgehead atoms. The Morgan fingerprint density at radius 1 is 1.44 bits per heavy atom. The molecule has 1 saturated heterocycles. The van der Waals surface area contributed by atoms with Crippen molar-refractivity contribution in [3.63, 3.8) is 0 Å². The standard InChI is InChI=1S/C12H17FN2O2S/c1-9-4-5-10(7-12(9)13)15-18(16,17)11-3-2-6-14-8-11/h4-5,7,11,14-15H,2-3,6,8H2,1H3. The summed E-state index contributed by atoms with van der Waals surface area (Å²) in [5.41, 5.74) is 0.779. The number of rotatable bonds is 3. The molecule has 0 aliphatic carbocycles. The zero-order valence-electron chi connectivity index (χ0n) is 10.2. The second kappa shape index (κ2) is 5.24. The fraction of sp³-hybridized carbons (Fsp3) is 0.500. The van der Waals surface area contributed by atoms with E-state index in [2.05, 4.69) is 10.0 Å². The second-order valence-corrected chi connectivity index (χ2v) is 6.54. The van der Waals surface area contributed by atoms with Crippen LogP contribution in [0.3, 0.4) is 0 Å². The molecule has 1 aromatic rings. The zero-order valence-corrected chi connectivity index (χ0v) is 11.1. The van der Waals surface area contributed by atoms with Crippen LogP contribution >= 0.6 is 0 Å². The maximum absolute atomic E-state index is 13.3. The van der Waals surface area contributed by atoms with Gasteiger partial charge in [0.2, 0.25) is 10.0 Å². The first-order chi connectivity index (χ1) is 8.49. The smallest absolute Gasteiger partial charge is 0.236 e. The van der Waals surface area contributed by atoms with Gasteiger partial charge in [0.1, 0.15) is 5.82 Å². The molecule has 0 radical (unpaired) electrons. The van der Waals surface area contributed by atoms with Crippen molar-refractivity contribution in [2.45, 2.75) is 25.0 Å². The summed E-state index contributed by atoms with van der Waals surface area (Å²) in [6.07, 6.45) is 1.48. The highest BCUT2D eigenvalue weighted by Crippen LogP contribution is 2.18. The number of halogens is 1. The van der Waals surface area contributed by atoms with Gasteiger partial charge < -0.3 is 5.32 Å². The Balaban J connectivity index is 2.13. The van der Waals surface area contributed by atoms with Gasteiger partial charge in [-0.05, 0) is 44.0 Å².